The van der Waals surface area contributed by atoms with E-state index in [0.717, 1.165) is 25.0 Å². The van der Waals surface area contributed by atoms with Crippen molar-refractivity contribution in [2.75, 3.05) is 0 Å². The average Bonchev–Trinajstić information content (AvgIpc) is 2.17. The summed E-state index contributed by atoms with van der Waals surface area (Å²) in [4.78, 5) is 3.90. The van der Waals surface area contributed by atoms with Gasteiger partial charge in [0.2, 0.25) is 0 Å². The molecule has 2 nitrogen and oxygen atoms in total. The fourth-order valence-electron chi connectivity index (χ4n) is 1.51. The lowest BCUT2D eigenvalue weighted by Gasteiger charge is -2.11. The van der Waals surface area contributed by atoms with E-state index in [1.807, 2.05) is 6.92 Å². The van der Waals surface area contributed by atoms with E-state index >= 15 is 0 Å². The van der Waals surface area contributed by atoms with E-state index in [2.05, 4.69) is 4.98 Å². The summed E-state index contributed by atoms with van der Waals surface area (Å²) < 4.78 is 37.2. The number of nitrogens with two attached hydrogens (primary N) is 1. The molecular formula is C11H15F3N2. The van der Waals surface area contributed by atoms with Crippen molar-refractivity contribution in [1.29, 1.82) is 0 Å². The van der Waals surface area contributed by atoms with E-state index in [9.17, 15) is 13.2 Å². The number of hydrogen-bond acceptors (Lipinski definition) is 2. The number of nitrogens with zero attached hydrogens (tertiary/aromatic N) is 1. The van der Waals surface area contributed by atoms with Crippen LogP contribution in [0.3, 0.4) is 0 Å². The molecule has 1 heterocycles. The average molecular weight is 232 g/mol. The molecule has 0 aliphatic rings. The Hall–Kier alpha value is -1.10. The van der Waals surface area contributed by atoms with Crippen LogP contribution in [-0.2, 0) is 12.6 Å². The van der Waals surface area contributed by atoms with Gasteiger partial charge in [-0.1, -0.05) is 13.3 Å². The summed E-state index contributed by atoms with van der Waals surface area (Å²) in [5, 5.41) is 0. The molecule has 1 unspecified atom stereocenters. The second-order valence-corrected chi connectivity index (χ2v) is 3.79. The van der Waals surface area contributed by atoms with Crippen LogP contribution in [0.4, 0.5) is 13.2 Å². The molecule has 1 aromatic rings. The van der Waals surface area contributed by atoms with Crippen molar-refractivity contribution in [3.8, 4) is 0 Å². The van der Waals surface area contributed by atoms with E-state index in [0.29, 0.717) is 12.1 Å². The van der Waals surface area contributed by atoms with Gasteiger partial charge in [0.05, 0.1) is 5.56 Å². The molecule has 0 aliphatic carbocycles. The fraction of sp³-hybridized carbons (Fsp3) is 0.545. The van der Waals surface area contributed by atoms with Gasteiger partial charge in [-0.05, 0) is 18.6 Å². The van der Waals surface area contributed by atoms with Gasteiger partial charge < -0.3 is 5.73 Å². The molecule has 1 atom stereocenters. The standard InChI is InChI=1S/C11H15F3N2/c1-2-3-9(15)7-10-6-8(4-5-16-10)11(12,13)14/h4-6,9H,2-3,7,15H2,1H3. The van der Waals surface area contributed by atoms with E-state index < -0.39 is 11.7 Å². The Balaban J connectivity index is 2.75. The Morgan fingerprint density at radius 3 is 2.69 bits per heavy atom. The molecule has 0 aliphatic heterocycles. The third kappa shape index (κ3) is 3.81. The highest BCUT2D eigenvalue weighted by molar-refractivity contribution is 5.19. The second-order valence-electron chi connectivity index (χ2n) is 3.79. The highest BCUT2D eigenvalue weighted by atomic mass is 19.4. The summed E-state index contributed by atoms with van der Waals surface area (Å²) in [7, 11) is 0. The van der Waals surface area contributed by atoms with Crippen LogP contribution in [0, 0.1) is 0 Å². The number of halogens is 3. The smallest absolute Gasteiger partial charge is 0.327 e. The van der Waals surface area contributed by atoms with E-state index in [1.54, 1.807) is 0 Å². The molecule has 5 heteroatoms. The molecule has 1 rings (SSSR count). The van der Waals surface area contributed by atoms with Crippen molar-refractivity contribution >= 4 is 0 Å². The maximum Gasteiger partial charge on any atom is 0.416 e. The maximum absolute atomic E-state index is 12.4. The number of hydrogen-bond donors (Lipinski definition) is 1. The Morgan fingerprint density at radius 2 is 2.12 bits per heavy atom. The van der Waals surface area contributed by atoms with Crippen LogP contribution < -0.4 is 5.73 Å². The number of rotatable bonds is 4. The zero-order valence-corrected chi connectivity index (χ0v) is 9.09. The minimum absolute atomic E-state index is 0.124. The quantitative estimate of drug-likeness (QED) is 0.866. The summed E-state index contributed by atoms with van der Waals surface area (Å²) >= 11 is 0. The molecule has 0 radical (unpaired) electrons. The van der Waals surface area contributed by atoms with Crippen LogP contribution in [0.1, 0.15) is 31.0 Å². The zero-order chi connectivity index (χ0) is 12.2. The molecule has 0 spiro atoms. The van der Waals surface area contributed by atoms with E-state index in [1.165, 1.54) is 6.20 Å². The minimum Gasteiger partial charge on any atom is -0.327 e. The molecule has 0 fully saturated rings. The first-order chi connectivity index (χ1) is 7.43. The lowest BCUT2D eigenvalue weighted by Crippen LogP contribution is -2.23. The number of aromatic nitrogens is 1. The molecule has 2 N–H and O–H groups in total. The van der Waals surface area contributed by atoms with E-state index in [-0.39, 0.29) is 6.04 Å². The Kier molecular flexibility index (Phi) is 4.29. The molecule has 0 amide bonds. The van der Waals surface area contributed by atoms with Crippen molar-refractivity contribution in [2.24, 2.45) is 5.73 Å². The van der Waals surface area contributed by atoms with Gasteiger partial charge in [0, 0.05) is 24.4 Å². The lowest BCUT2D eigenvalue weighted by atomic mass is 10.1. The predicted molar refractivity (Wildman–Crippen MR) is 55.8 cm³/mol. The third-order valence-electron chi connectivity index (χ3n) is 2.27. The first-order valence-corrected chi connectivity index (χ1v) is 5.21. The van der Waals surface area contributed by atoms with Crippen molar-refractivity contribution in [1.82, 2.24) is 4.98 Å². The number of pyridine rings is 1. The molecule has 0 aromatic carbocycles. The van der Waals surface area contributed by atoms with Crippen molar-refractivity contribution < 1.29 is 13.2 Å². The van der Waals surface area contributed by atoms with Gasteiger partial charge in [-0.3, -0.25) is 4.98 Å². The summed E-state index contributed by atoms with van der Waals surface area (Å²) in [5.74, 6) is 0. The van der Waals surface area contributed by atoms with Gasteiger partial charge in [0.15, 0.2) is 0 Å². The predicted octanol–water partition coefficient (Wildman–Crippen LogP) is 2.77. The lowest BCUT2D eigenvalue weighted by molar-refractivity contribution is -0.137. The molecule has 1 aromatic heterocycles. The molecular weight excluding hydrogens is 217 g/mol. The second kappa shape index (κ2) is 5.30. The molecule has 16 heavy (non-hydrogen) atoms. The van der Waals surface area contributed by atoms with Gasteiger partial charge in [0.1, 0.15) is 0 Å². The van der Waals surface area contributed by atoms with Gasteiger partial charge in [-0.25, -0.2) is 0 Å². The summed E-state index contributed by atoms with van der Waals surface area (Å²) in [6.07, 6.45) is -1.04. The zero-order valence-electron chi connectivity index (χ0n) is 9.09. The van der Waals surface area contributed by atoms with Crippen LogP contribution >= 0.6 is 0 Å². The fourth-order valence-corrected chi connectivity index (χ4v) is 1.51. The molecule has 0 saturated heterocycles. The first-order valence-electron chi connectivity index (χ1n) is 5.21. The Bertz CT molecular complexity index is 336. The molecule has 0 bridgehead atoms. The normalized spacial score (nSPS) is 13.8. The van der Waals surface area contributed by atoms with Crippen LogP contribution in [-0.4, -0.2) is 11.0 Å². The highest BCUT2D eigenvalue weighted by Gasteiger charge is 2.30. The minimum atomic E-state index is -4.31. The third-order valence-corrected chi connectivity index (χ3v) is 2.27. The maximum atomic E-state index is 12.4. The van der Waals surface area contributed by atoms with Gasteiger partial charge in [-0.2, -0.15) is 13.2 Å². The van der Waals surface area contributed by atoms with Gasteiger partial charge >= 0.3 is 6.18 Å². The summed E-state index contributed by atoms with van der Waals surface area (Å²) in [5.41, 5.74) is 5.49. The Labute approximate surface area is 92.7 Å². The van der Waals surface area contributed by atoms with Crippen LogP contribution in [0.15, 0.2) is 18.3 Å². The first kappa shape index (κ1) is 13.0. The Morgan fingerprint density at radius 1 is 1.44 bits per heavy atom. The van der Waals surface area contributed by atoms with E-state index in [4.69, 9.17) is 5.73 Å². The largest absolute Gasteiger partial charge is 0.416 e. The summed E-state index contributed by atoms with van der Waals surface area (Å²) in [6, 6.07) is 1.91. The molecule has 90 valence electrons. The highest BCUT2D eigenvalue weighted by Crippen LogP contribution is 2.29. The van der Waals surface area contributed by atoms with Crippen molar-refractivity contribution in [3.05, 3.63) is 29.6 Å². The monoisotopic (exact) mass is 232 g/mol. The summed E-state index contributed by atoms with van der Waals surface area (Å²) in [6.45, 7) is 1.99. The van der Waals surface area contributed by atoms with Gasteiger partial charge in [-0.15, -0.1) is 0 Å². The van der Waals surface area contributed by atoms with Crippen LogP contribution in [0.25, 0.3) is 0 Å². The SMILES string of the molecule is CCCC(N)Cc1cc(C(F)(F)F)ccn1. The van der Waals surface area contributed by atoms with Crippen molar-refractivity contribution in [3.63, 3.8) is 0 Å². The topological polar surface area (TPSA) is 38.9 Å². The van der Waals surface area contributed by atoms with Crippen molar-refractivity contribution in [2.45, 2.75) is 38.4 Å². The van der Waals surface area contributed by atoms with Crippen LogP contribution in [0.5, 0.6) is 0 Å². The number of alkyl halides is 3. The molecule has 0 saturated carbocycles. The van der Waals surface area contributed by atoms with Gasteiger partial charge in [0.25, 0.3) is 0 Å². The van der Waals surface area contributed by atoms with Crippen LogP contribution in [0.2, 0.25) is 0 Å².